The highest BCUT2D eigenvalue weighted by Gasteiger charge is 2.21. The molecule has 138 valence electrons. The van der Waals surface area contributed by atoms with Crippen LogP contribution in [0.15, 0.2) is 48.5 Å². The van der Waals surface area contributed by atoms with Crippen molar-refractivity contribution in [3.8, 4) is 5.75 Å². The van der Waals surface area contributed by atoms with Crippen molar-refractivity contribution in [2.24, 2.45) is 0 Å². The predicted octanol–water partition coefficient (Wildman–Crippen LogP) is 3.07. The molecule has 0 aromatic heterocycles. The number of amides is 1. The molecule has 26 heavy (non-hydrogen) atoms. The summed E-state index contributed by atoms with van der Waals surface area (Å²) in [6, 6.07) is 16.3. The van der Waals surface area contributed by atoms with E-state index in [0.717, 1.165) is 44.0 Å². The summed E-state index contributed by atoms with van der Waals surface area (Å²) >= 11 is 0. The molecule has 1 saturated heterocycles. The summed E-state index contributed by atoms with van der Waals surface area (Å²) in [7, 11) is 0. The quantitative estimate of drug-likeness (QED) is 0.801. The highest BCUT2D eigenvalue weighted by atomic mass is 16.5. The second kappa shape index (κ2) is 8.86. The number of carbonyl (C=O) groups is 1. The first-order valence-corrected chi connectivity index (χ1v) is 9.36. The third kappa shape index (κ3) is 5.09. The Morgan fingerprint density at radius 3 is 2.35 bits per heavy atom. The van der Waals surface area contributed by atoms with E-state index in [0.29, 0.717) is 13.0 Å². The molecule has 1 aliphatic heterocycles. The van der Waals surface area contributed by atoms with Crippen molar-refractivity contribution in [2.45, 2.75) is 20.3 Å². The number of piperazine rings is 1. The lowest BCUT2D eigenvalue weighted by Crippen LogP contribution is -2.50. The summed E-state index contributed by atoms with van der Waals surface area (Å²) in [6.45, 7) is 9.14. The Morgan fingerprint density at radius 2 is 1.65 bits per heavy atom. The zero-order chi connectivity index (χ0) is 18.4. The first-order valence-electron chi connectivity index (χ1n) is 9.36. The molecule has 0 saturated carbocycles. The standard InChI is InChI=1S/C22H28N2O2/c1-18-7-9-21(10-8-18)26-16-15-23-11-13-24(14-12-23)22(25)17-20-6-4-3-5-19(20)2/h3-10H,11-17H2,1-2H3. The lowest BCUT2D eigenvalue weighted by Gasteiger charge is -2.34. The molecular formula is C22H28N2O2. The Labute approximate surface area is 156 Å². The molecule has 3 rings (SSSR count). The Hall–Kier alpha value is -2.33. The van der Waals surface area contributed by atoms with Crippen LogP contribution in [0.3, 0.4) is 0 Å². The lowest BCUT2D eigenvalue weighted by molar-refractivity contribution is -0.132. The largest absolute Gasteiger partial charge is 0.492 e. The van der Waals surface area contributed by atoms with Gasteiger partial charge >= 0.3 is 0 Å². The molecule has 1 amide bonds. The zero-order valence-electron chi connectivity index (χ0n) is 15.8. The molecule has 4 nitrogen and oxygen atoms in total. The summed E-state index contributed by atoms with van der Waals surface area (Å²) in [5, 5.41) is 0. The second-order valence-corrected chi connectivity index (χ2v) is 6.99. The fraction of sp³-hybridized carbons (Fsp3) is 0.409. The van der Waals surface area contributed by atoms with Crippen LogP contribution in [0.4, 0.5) is 0 Å². The van der Waals surface area contributed by atoms with E-state index in [-0.39, 0.29) is 5.91 Å². The summed E-state index contributed by atoms with van der Waals surface area (Å²) in [6.07, 6.45) is 0.503. The van der Waals surface area contributed by atoms with Gasteiger partial charge in [-0.1, -0.05) is 42.0 Å². The molecule has 0 atom stereocenters. The van der Waals surface area contributed by atoms with E-state index in [4.69, 9.17) is 4.74 Å². The van der Waals surface area contributed by atoms with Crippen LogP contribution in [0.5, 0.6) is 5.75 Å². The van der Waals surface area contributed by atoms with Crippen LogP contribution in [0.2, 0.25) is 0 Å². The summed E-state index contributed by atoms with van der Waals surface area (Å²) in [5.74, 6) is 1.15. The second-order valence-electron chi connectivity index (χ2n) is 6.99. The van der Waals surface area contributed by atoms with Gasteiger partial charge in [-0.25, -0.2) is 0 Å². The summed E-state index contributed by atoms with van der Waals surface area (Å²) < 4.78 is 5.81. The van der Waals surface area contributed by atoms with E-state index in [1.54, 1.807) is 0 Å². The molecule has 0 aliphatic carbocycles. The molecule has 1 fully saturated rings. The van der Waals surface area contributed by atoms with Crippen LogP contribution < -0.4 is 4.74 Å². The monoisotopic (exact) mass is 352 g/mol. The third-order valence-corrected chi connectivity index (χ3v) is 5.03. The Balaban J connectivity index is 1.39. The van der Waals surface area contributed by atoms with E-state index < -0.39 is 0 Å². The third-order valence-electron chi connectivity index (χ3n) is 5.03. The Kier molecular flexibility index (Phi) is 6.29. The molecule has 0 spiro atoms. The number of rotatable bonds is 6. The van der Waals surface area contributed by atoms with Crippen molar-refractivity contribution in [2.75, 3.05) is 39.3 Å². The minimum atomic E-state index is 0.231. The van der Waals surface area contributed by atoms with Crippen molar-refractivity contribution in [1.82, 2.24) is 9.80 Å². The minimum absolute atomic E-state index is 0.231. The summed E-state index contributed by atoms with van der Waals surface area (Å²) in [4.78, 5) is 16.9. The molecule has 0 radical (unpaired) electrons. The van der Waals surface area contributed by atoms with E-state index in [1.807, 2.05) is 35.2 Å². The highest BCUT2D eigenvalue weighted by molar-refractivity contribution is 5.79. The van der Waals surface area contributed by atoms with Gasteiger partial charge in [0.25, 0.3) is 0 Å². The zero-order valence-corrected chi connectivity index (χ0v) is 15.8. The van der Waals surface area contributed by atoms with Gasteiger partial charge in [0.05, 0.1) is 6.42 Å². The number of carbonyl (C=O) groups excluding carboxylic acids is 1. The first-order chi connectivity index (χ1) is 12.6. The van der Waals surface area contributed by atoms with Crippen LogP contribution >= 0.6 is 0 Å². The first kappa shape index (κ1) is 18.5. The average Bonchev–Trinajstić information content (AvgIpc) is 2.66. The van der Waals surface area contributed by atoms with E-state index in [1.165, 1.54) is 11.1 Å². The minimum Gasteiger partial charge on any atom is -0.492 e. The van der Waals surface area contributed by atoms with Gasteiger partial charge in [0.1, 0.15) is 12.4 Å². The highest BCUT2D eigenvalue weighted by Crippen LogP contribution is 2.13. The van der Waals surface area contributed by atoms with Crippen molar-refractivity contribution < 1.29 is 9.53 Å². The normalized spacial score (nSPS) is 15.1. The molecule has 1 aliphatic rings. The molecule has 1 heterocycles. The van der Waals surface area contributed by atoms with Gasteiger partial charge in [-0.15, -0.1) is 0 Å². The molecule has 2 aromatic rings. The molecule has 0 N–H and O–H groups in total. The van der Waals surface area contributed by atoms with Gasteiger partial charge in [-0.05, 0) is 37.1 Å². The number of aryl methyl sites for hydroxylation is 2. The molecule has 0 unspecified atom stereocenters. The molecule has 0 bridgehead atoms. The Bertz CT molecular complexity index is 719. The van der Waals surface area contributed by atoms with Crippen molar-refractivity contribution in [3.05, 3.63) is 65.2 Å². The maximum atomic E-state index is 12.5. The SMILES string of the molecule is Cc1ccc(OCCN2CCN(C(=O)Cc3ccccc3C)CC2)cc1. The number of ether oxygens (including phenoxy) is 1. The van der Waals surface area contributed by atoms with Gasteiger partial charge < -0.3 is 9.64 Å². The fourth-order valence-electron chi connectivity index (χ4n) is 3.23. The van der Waals surface area contributed by atoms with Crippen LogP contribution in [-0.4, -0.2) is 55.0 Å². The molecular weight excluding hydrogens is 324 g/mol. The fourth-order valence-corrected chi connectivity index (χ4v) is 3.23. The van der Waals surface area contributed by atoms with Crippen molar-refractivity contribution >= 4 is 5.91 Å². The molecule has 4 heteroatoms. The lowest BCUT2D eigenvalue weighted by atomic mass is 10.1. The van der Waals surface area contributed by atoms with Crippen LogP contribution in [0, 0.1) is 13.8 Å². The van der Waals surface area contributed by atoms with Gasteiger partial charge in [0.2, 0.25) is 5.91 Å². The number of hydrogen-bond donors (Lipinski definition) is 0. The van der Waals surface area contributed by atoms with Crippen molar-refractivity contribution in [1.29, 1.82) is 0 Å². The van der Waals surface area contributed by atoms with E-state index >= 15 is 0 Å². The van der Waals surface area contributed by atoms with E-state index in [9.17, 15) is 4.79 Å². The number of nitrogens with zero attached hydrogens (tertiary/aromatic N) is 2. The number of hydrogen-bond acceptors (Lipinski definition) is 3. The predicted molar refractivity (Wildman–Crippen MR) is 105 cm³/mol. The van der Waals surface area contributed by atoms with Crippen LogP contribution in [0.1, 0.15) is 16.7 Å². The topological polar surface area (TPSA) is 32.8 Å². The van der Waals surface area contributed by atoms with Crippen LogP contribution in [0.25, 0.3) is 0 Å². The van der Waals surface area contributed by atoms with Gasteiger partial charge in [0, 0.05) is 32.7 Å². The smallest absolute Gasteiger partial charge is 0.227 e. The Morgan fingerprint density at radius 1 is 0.962 bits per heavy atom. The van der Waals surface area contributed by atoms with E-state index in [2.05, 4.69) is 36.9 Å². The maximum absolute atomic E-state index is 12.5. The van der Waals surface area contributed by atoms with Crippen molar-refractivity contribution in [3.63, 3.8) is 0 Å². The van der Waals surface area contributed by atoms with Gasteiger partial charge in [0.15, 0.2) is 0 Å². The average molecular weight is 352 g/mol. The van der Waals surface area contributed by atoms with Gasteiger partial charge in [-0.3, -0.25) is 9.69 Å². The maximum Gasteiger partial charge on any atom is 0.227 e. The molecule has 2 aromatic carbocycles. The number of benzene rings is 2. The van der Waals surface area contributed by atoms with Gasteiger partial charge in [-0.2, -0.15) is 0 Å². The summed E-state index contributed by atoms with van der Waals surface area (Å²) in [5.41, 5.74) is 3.56. The van der Waals surface area contributed by atoms with Crippen LogP contribution in [-0.2, 0) is 11.2 Å².